The third kappa shape index (κ3) is 1.87. The van der Waals surface area contributed by atoms with Gasteiger partial charge in [-0.1, -0.05) is 25.0 Å². The fourth-order valence-corrected chi connectivity index (χ4v) is 2.23. The highest BCUT2D eigenvalue weighted by Crippen LogP contribution is 2.41. The Morgan fingerprint density at radius 3 is 2.88 bits per heavy atom. The van der Waals surface area contributed by atoms with Crippen LogP contribution in [-0.2, 0) is 0 Å². The average molecular weight is 219 g/mol. The van der Waals surface area contributed by atoms with E-state index in [0.29, 0.717) is 13.2 Å². The lowest BCUT2D eigenvalue weighted by molar-refractivity contribution is 0.169. The van der Waals surface area contributed by atoms with Crippen LogP contribution in [0.1, 0.15) is 30.9 Å². The van der Waals surface area contributed by atoms with Crippen LogP contribution in [-0.4, -0.2) is 13.2 Å². The van der Waals surface area contributed by atoms with Crippen molar-refractivity contribution in [3.05, 3.63) is 23.8 Å². The smallest absolute Gasteiger partial charge is 0.166 e. The Hall–Kier alpha value is -1.22. The van der Waals surface area contributed by atoms with Gasteiger partial charge in [0.25, 0.3) is 0 Å². The molecule has 1 aliphatic carbocycles. The predicted octanol–water partition coefficient (Wildman–Crippen LogP) is 2.26. The van der Waals surface area contributed by atoms with E-state index in [4.69, 9.17) is 15.2 Å². The van der Waals surface area contributed by atoms with Crippen LogP contribution in [0.4, 0.5) is 0 Å². The summed E-state index contributed by atoms with van der Waals surface area (Å²) in [6.07, 6.45) is 3.74. The van der Waals surface area contributed by atoms with Gasteiger partial charge in [-0.3, -0.25) is 0 Å². The van der Waals surface area contributed by atoms with Gasteiger partial charge in [0.2, 0.25) is 0 Å². The van der Waals surface area contributed by atoms with Crippen molar-refractivity contribution < 1.29 is 9.47 Å². The normalized spacial score (nSPS) is 20.6. The quantitative estimate of drug-likeness (QED) is 0.848. The molecule has 0 bridgehead atoms. The minimum absolute atomic E-state index is 0.0872. The molecule has 0 saturated heterocycles. The van der Waals surface area contributed by atoms with Gasteiger partial charge in [0.05, 0.1) is 0 Å². The molecular formula is C13H17NO2. The van der Waals surface area contributed by atoms with Crippen LogP contribution in [0, 0.1) is 5.92 Å². The molecule has 0 radical (unpaired) electrons. The Bertz CT molecular complexity index is 388. The van der Waals surface area contributed by atoms with E-state index in [-0.39, 0.29) is 6.04 Å². The van der Waals surface area contributed by atoms with Crippen LogP contribution in [0.2, 0.25) is 0 Å². The average Bonchev–Trinajstić information content (AvgIpc) is 3.12. The highest BCUT2D eigenvalue weighted by Gasteiger charge is 2.27. The minimum Gasteiger partial charge on any atom is -0.486 e. The SMILES string of the molecule is N[C@@H](CC1CC1)c1cccc2c1OCCO2. The molecule has 1 aliphatic heterocycles. The standard InChI is InChI=1S/C13H17NO2/c14-11(8-9-4-5-9)10-2-1-3-12-13(10)16-7-6-15-12/h1-3,9,11H,4-8,14H2/t11-/m0/s1. The van der Waals surface area contributed by atoms with Crippen LogP contribution < -0.4 is 15.2 Å². The molecule has 0 unspecified atom stereocenters. The van der Waals surface area contributed by atoms with Crippen molar-refractivity contribution in [2.24, 2.45) is 11.7 Å². The molecule has 1 aromatic rings. The first kappa shape index (κ1) is 9.97. The van der Waals surface area contributed by atoms with Crippen molar-refractivity contribution in [1.29, 1.82) is 0 Å². The first-order chi connectivity index (χ1) is 7.84. The van der Waals surface area contributed by atoms with Crippen molar-refractivity contribution in [2.45, 2.75) is 25.3 Å². The summed E-state index contributed by atoms with van der Waals surface area (Å²) in [6.45, 7) is 1.26. The molecule has 1 saturated carbocycles. The van der Waals surface area contributed by atoms with Crippen molar-refractivity contribution in [3.8, 4) is 11.5 Å². The summed E-state index contributed by atoms with van der Waals surface area (Å²) in [5, 5.41) is 0. The Labute approximate surface area is 95.5 Å². The lowest BCUT2D eigenvalue weighted by Gasteiger charge is -2.23. The van der Waals surface area contributed by atoms with Gasteiger partial charge >= 0.3 is 0 Å². The van der Waals surface area contributed by atoms with Crippen LogP contribution in [0.3, 0.4) is 0 Å². The van der Waals surface area contributed by atoms with E-state index in [1.807, 2.05) is 12.1 Å². The highest BCUT2D eigenvalue weighted by atomic mass is 16.6. The van der Waals surface area contributed by atoms with E-state index >= 15 is 0 Å². The number of ether oxygens (including phenoxy) is 2. The maximum atomic E-state index is 6.22. The molecule has 3 nitrogen and oxygen atoms in total. The minimum atomic E-state index is 0.0872. The number of rotatable bonds is 3. The topological polar surface area (TPSA) is 44.5 Å². The van der Waals surface area contributed by atoms with Gasteiger partial charge in [-0.2, -0.15) is 0 Å². The molecule has 1 atom stereocenters. The van der Waals surface area contributed by atoms with E-state index < -0.39 is 0 Å². The molecule has 86 valence electrons. The molecule has 2 aliphatic rings. The van der Waals surface area contributed by atoms with E-state index in [1.54, 1.807) is 0 Å². The second-order valence-corrected chi connectivity index (χ2v) is 4.66. The first-order valence-electron chi connectivity index (χ1n) is 5.98. The first-order valence-corrected chi connectivity index (χ1v) is 5.98. The number of hydrogen-bond acceptors (Lipinski definition) is 3. The zero-order valence-electron chi connectivity index (χ0n) is 9.32. The number of nitrogens with two attached hydrogens (primary N) is 1. The number of fused-ring (bicyclic) bond motifs is 1. The van der Waals surface area contributed by atoms with Gasteiger partial charge in [-0.05, 0) is 18.4 Å². The molecule has 16 heavy (non-hydrogen) atoms. The third-order valence-corrected chi connectivity index (χ3v) is 3.28. The molecule has 1 aromatic carbocycles. The molecule has 2 N–H and O–H groups in total. The number of para-hydroxylation sites is 1. The molecular weight excluding hydrogens is 202 g/mol. The summed E-state index contributed by atoms with van der Waals surface area (Å²) in [5.41, 5.74) is 7.33. The Morgan fingerprint density at radius 2 is 2.06 bits per heavy atom. The van der Waals surface area contributed by atoms with Crippen molar-refractivity contribution >= 4 is 0 Å². The summed E-state index contributed by atoms with van der Waals surface area (Å²) in [5.74, 6) is 2.53. The van der Waals surface area contributed by atoms with Gasteiger partial charge in [0.15, 0.2) is 11.5 Å². The Kier molecular flexibility index (Phi) is 2.48. The van der Waals surface area contributed by atoms with Gasteiger partial charge in [-0.15, -0.1) is 0 Å². The van der Waals surface area contributed by atoms with E-state index in [1.165, 1.54) is 12.8 Å². The largest absolute Gasteiger partial charge is 0.486 e. The predicted molar refractivity (Wildman–Crippen MR) is 61.7 cm³/mol. The fraction of sp³-hybridized carbons (Fsp3) is 0.538. The van der Waals surface area contributed by atoms with E-state index in [9.17, 15) is 0 Å². The molecule has 1 fully saturated rings. The summed E-state index contributed by atoms with van der Waals surface area (Å²) in [4.78, 5) is 0. The zero-order valence-corrected chi connectivity index (χ0v) is 9.32. The van der Waals surface area contributed by atoms with Gasteiger partial charge in [0, 0.05) is 11.6 Å². The van der Waals surface area contributed by atoms with Crippen LogP contribution in [0.5, 0.6) is 11.5 Å². The second kappa shape index (κ2) is 3.98. The van der Waals surface area contributed by atoms with Crippen LogP contribution in [0.25, 0.3) is 0 Å². The van der Waals surface area contributed by atoms with Crippen molar-refractivity contribution in [3.63, 3.8) is 0 Å². The molecule has 0 aromatic heterocycles. The van der Waals surface area contributed by atoms with Crippen LogP contribution in [0.15, 0.2) is 18.2 Å². The molecule has 3 heteroatoms. The van der Waals surface area contributed by atoms with Crippen molar-refractivity contribution in [2.75, 3.05) is 13.2 Å². The Balaban J connectivity index is 1.86. The fourth-order valence-electron chi connectivity index (χ4n) is 2.23. The monoisotopic (exact) mass is 219 g/mol. The second-order valence-electron chi connectivity index (χ2n) is 4.66. The van der Waals surface area contributed by atoms with Crippen LogP contribution >= 0.6 is 0 Å². The van der Waals surface area contributed by atoms with Gasteiger partial charge < -0.3 is 15.2 Å². The van der Waals surface area contributed by atoms with E-state index in [0.717, 1.165) is 29.4 Å². The maximum absolute atomic E-state index is 6.22. The summed E-state index contributed by atoms with van der Waals surface area (Å²) >= 11 is 0. The number of hydrogen-bond donors (Lipinski definition) is 1. The highest BCUT2D eigenvalue weighted by molar-refractivity contribution is 5.48. The Morgan fingerprint density at radius 1 is 1.25 bits per heavy atom. The van der Waals surface area contributed by atoms with Gasteiger partial charge in [-0.25, -0.2) is 0 Å². The van der Waals surface area contributed by atoms with E-state index in [2.05, 4.69) is 6.07 Å². The lowest BCUT2D eigenvalue weighted by atomic mass is 10.0. The zero-order chi connectivity index (χ0) is 11.0. The summed E-state index contributed by atoms with van der Waals surface area (Å²) < 4.78 is 11.2. The summed E-state index contributed by atoms with van der Waals surface area (Å²) in [7, 11) is 0. The third-order valence-electron chi connectivity index (χ3n) is 3.28. The number of benzene rings is 1. The maximum Gasteiger partial charge on any atom is 0.166 e. The molecule has 1 heterocycles. The molecule has 0 amide bonds. The van der Waals surface area contributed by atoms with Crippen molar-refractivity contribution in [1.82, 2.24) is 0 Å². The summed E-state index contributed by atoms with van der Waals surface area (Å²) in [6, 6.07) is 6.09. The lowest BCUT2D eigenvalue weighted by Crippen LogP contribution is -2.19. The molecule has 0 spiro atoms. The molecule has 3 rings (SSSR count). The van der Waals surface area contributed by atoms with Gasteiger partial charge in [0.1, 0.15) is 13.2 Å².